The molecule has 0 aromatic carbocycles. The van der Waals surface area contributed by atoms with Crippen molar-refractivity contribution in [2.45, 2.75) is 155 Å². The lowest BCUT2D eigenvalue weighted by atomic mass is 9.80. The molecule has 5 N–H and O–H groups in total. The van der Waals surface area contributed by atoms with Crippen LogP contribution in [0.25, 0.3) is 0 Å². The fourth-order valence-electron chi connectivity index (χ4n) is 6.61. The number of esters is 1. The standard InChI is InChI=1S/C22H46N2O6S3Si.C22H44N2O6S3Si.CH4.2CH3/c1-10-12-22(4,20(26)29-16-24(5,6)7)15-18(19(23)25)33-21(31)32-13-11-14-34(27-8,28-9)30-17(2)3;1-10-12-18(19(23)25)15-22(4,20(26)29-16-24(5,6)7)33-21(31)32-13-11-14-34(27-8,28-9)30-17(2)3;;;/h17-18,20,26H,10-16H2,1-9H3,(H-,23,25);17-18H,10-16H2,1-9H3,(H-,23,25);1H4;2*1H3/q;;;2*-1/p+2. The zero-order valence-corrected chi connectivity index (χ0v) is 53.6. The van der Waals surface area contributed by atoms with E-state index in [1.54, 1.807) is 35.4 Å². The fraction of sp³-hybridized carbons (Fsp3) is 0.851. The number of ether oxygens (including phenoxy) is 2. The van der Waals surface area contributed by atoms with Crippen molar-refractivity contribution < 1.29 is 64.5 Å². The van der Waals surface area contributed by atoms with Crippen molar-refractivity contribution in [1.29, 1.82) is 0 Å². The number of nitrogens with two attached hydrogens (primary N) is 2. The summed E-state index contributed by atoms with van der Waals surface area (Å²) in [6, 6.07) is 1.35. The van der Waals surface area contributed by atoms with Crippen LogP contribution in [0.3, 0.4) is 0 Å². The summed E-state index contributed by atoms with van der Waals surface area (Å²) < 4.78 is 46.9. The number of amides is 2. The minimum Gasteiger partial charge on any atom is -0.414 e. The van der Waals surface area contributed by atoms with Crippen LogP contribution in [0.2, 0.25) is 12.1 Å². The number of primary amides is 2. The maximum atomic E-state index is 13.1. The van der Waals surface area contributed by atoms with Crippen molar-refractivity contribution in [3.8, 4) is 0 Å². The van der Waals surface area contributed by atoms with Gasteiger partial charge in [0.05, 0.1) is 47.5 Å². The summed E-state index contributed by atoms with van der Waals surface area (Å²) in [4.78, 5) is 37.4. The van der Waals surface area contributed by atoms with E-state index in [0.29, 0.717) is 54.1 Å². The van der Waals surface area contributed by atoms with Crippen LogP contribution in [0.4, 0.5) is 0 Å². The van der Waals surface area contributed by atoms with Crippen molar-refractivity contribution in [3.05, 3.63) is 14.9 Å². The molecular weight excluding hydrogens is 1060 g/mol. The first-order chi connectivity index (χ1) is 31.3. The van der Waals surface area contributed by atoms with Gasteiger partial charge in [-0.1, -0.05) is 89.0 Å². The molecule has 0 heterocycles. The van der Waals surface area contributed by atoms with E-state index in [0.717, 1.165) is 37.2 Å². The van der Waals surface area contributed by atoms with Gasteiger partial charge in [-0.25, -0.2) is 0 Å². The molecule has 24 heteroatoms. The van der Waals surface area contributed by atoms with Crippen LogP contribution in [0.1, 0.15) is 114 Å². The van der Waals surface area contributed by atoms with Crippen LogP contribution in [0.5, 0.6) is 0 Å². The molecule has 0 aliphatic rings. The van der Waals surface area contributed by atoms with Gasteiger partial charge < -0.3 is 71.9 Å². The third-order valence-electron chi connectivity index (χ3n) is 10.0. The minimum atomic E-state index is -2.71. The lowest BCUT2D eigenvalue weighted by molar-refractivity contribution is -0.893. The quantitative estimate of drug-likeness (QED) is 0.0103. The number of nitrogens with zero attached hydrogens (tertiary/aromatic N) is 2. The third kappa shape index (κ3) is 35.1. The summed E-state index contributed by atoms with van der Waals surface area (Å²) in [6.45, 7) is 16.2. The zero-order valence-electron chi connectivity index (χ0n) is 46.7. The van der Waals surface area contributed by atoms with E-state index in [1.165, 1.54) is 47.0 Å². The number of thiocarbonyl (C=S) groups is 2. The molecule has 0 aromatic heterocycles. The normalized spacial score (nSPS) is 15.1. The number of carbonyl (C=O) groups is 3. The van der Waals surface area contributed by atoms with Gasteiger partial charge in [0, 0.05) is 64.1 Å². The number of quaternary nitrogens is 2. The molecule has 71 heavy (non-hydrogen) atoms. The Morgan fingerprint density at radius 2 is 1.14 bits per heavy atom. The maximum Gasteiger partial charge on any atom is 0.500 e. The van der Waals surface area contributed by atoms with Gasteiger partial charge in [-0.15, -0.1) is 23.5 Å². The second-order valence-corrected chi connectivity index (χ2v) is 32.9. The molecule has 0 aromatic rings. The van der Waals surface area contributed by atoms with Gasteiger partial charge in [0.25, 0.3) is 0 Å². The van der Waals surface area contributed by atoms with Crippen LogP contribution < -0.4 is 11.5 Å². The highest BCUT2D eigenvalue weighted by Gasteiger charge is 2.43. The van der Waals surface area contributed by atoms with Crippen LogP contribution in [0.15, 0.2) is 0 Å². The third-order valence-corrected chi connectivity index (χ3v) is 21.9. The highest BCUT2D eigenvalue weighted by atomic mass is 32.2. The molecule has 0 aliphatic carbocycles. The van der Waals surface area contributed by atoms with Crippen molar-refractivity contribution in [2.75, 3.05) is 95.7 Å². The molecule has 5 unspecified atom stereocenters. The summed E-state index contributed by atoms with van der Waals surface area (Å²) in [5, 5.41) is 10.3. The molecule has 0 spiro atoms. The smallest absolute Gasteiger partial charge is 0.414 e. The first-order valence-electron chi connectivity index (χ1n) is 23.2. The molecule has 0 rings (SSSR count). The Kier molecular flexibility index (Phi) is 44.3. The highest BCUT2D eigenvalue weighted by Crippen LogP contribution is 2.40. The first-order valence-corrected chi connectivity index (χ1v) is 31.5. The number of carbonyl (C=O) groups excluding carboxylic acids is 3. The lowest BCUT2D eigenvalue weighted by Gasteiger charge is -2.37. The van der Waals surface area contributed by atoms with Crippen LogP contribution in [-0.4, -0.2) is 181 Å². The number of hydrogen-bond acceptors (Lipinski definition) is 18. The fourth-order valence-corrected chi connectivity index (χ4v) is 17.4. The molecular formula is C47H102N4O12S6Si2. The summed E-state index contributed by atoms with van der Waals surface area (Å²) >= 11 is 16.7. The van der Waals surface area contributed by atoms with E-state index in [9.17, 15) is 19.5 Å². The Morgan fingerprint density at radius 1 is 0.704 bits per heavy atom. The first kappa shape index (κ1) is 79.9. The number of thioether (sulfide) groups is 4. The maximum absolute atomic E-state index is 13.1. The van der Waals surface area contributed by atoms with Crippen LogP contribution in [-0.2, 0) is 50.4 Å². The van der Waals surface area contributed by atoms with Gasteiger partial charge >= 0.3 is 23.6 Å². The average Bonchev–Trinajstić information content (AvgIpc) is 3.23. The Labute approximate surface area is 463 Å². The number of hydrogen-bond donors (Lipinski definition) is 3. The van der Waals surface area contributed by atoms with Gasteiger partial charge in [0.2, 0.25) is 18.5 Å². The summed E-state index contributed by atoms with van der Waals surface area (Å²) in [5.74, 6) is -0.169. The lowest BCUT2D eigenvalue weighted by Crippen LogP contribution is -2.45. The summed E-state index contributed by atoms with van der Waals surface area (Å²) in [6.07, 6.45) is 4.24. The van der Waals surface area contributed by atoms with E-state index in [1.807, 2.05) is 90.8 Å². The molecule has 5 atom stereocenters. The van der Waals surface area contributed by atoms with E-state index >= 15 is 0 Å². The van der Waals surface area contributed by atoms with Crippen molar-refractivity contribution in [2.24, 2.45) is 22.8 Å². The van der Waals surface area contributed by atoms with Crippen LogP contribution >= 0.6 is 71.5 Å². The molecule has 0 aliphatic heterocycles. The number of rotatable bonds is 35. The average molecular weight is 1160 g/mol. The monoisotopic (exact) mass is 1160 g/mol. The van der Waals surface area contributed by atoms with Gasteiger partial charge in [-0.05, 0) is 84.6 Å². The molecule has 0 saturated carbocycles. The predicted molar refractivity (Wildman–Crippen MR) is 316 cm³/mol. The van der Waals surface area contributed by atoms with Crippen molar-refractivity contribution in [1.82, 2.24) is 0 Å². The second-order valence-electron chi connectivity index (χ2n) is 19.8. The molecule has 2 amide bonds. The van der Waals surface area contributed by atoms with E-state index in [4.69, 9.17) is 71.9 Å². The van der Waals surface area contributed by atoms with Crippen LogP contribution in [0, 0.1) is 26.2 Å². The Balaban J connectivity index is -0.000000392. The largest absolute Gasteiger partial charge is 0.500 e. The molecule has 16 nitrogen and oxygen atoms in total. The Bertz CT molecular complexity index is 1490. The van der Waals surface area contributed by atoms with Crippen molar-refractivity contribution >= 4 is 114 Å². The van der Waals surface area contributed by atoms with Gasteiger partial charge in [-0.2, -0.15) is 0 Å². The Morgan fingerprint density at radius 3 is 1.49 bits per heavy atom. The van der Waals surface area contributed by atoms with E-state index in [2.05, 4.69) is 0 Å². The minimum absolute atomic E-state index is 0. The molecule has 0 fully saturated rings. The number of aliphatic hydroxyl groups excluding tert-OH is 1. The second kappa shape index (κ2) is 39.4. The Hall–Kier alpha value is 0.0238. The molecule has 0 saturated heterocycles. The van der Waals surface area contributed by atoms with Gasteiger partial charge in [-0.3, -0.25) is 18.9 Å². The summed E-state index contributed by atoms with van der Waals surface area (Å²) in [5.41, 5.74) is 10.7. The highest BCUT2D eigenvalue weighted by molar-refractivity contribution is 8.48. The predicted octanol–water partition coefficient (Wildman–Crippen LogP) is 9.41. The van der Waals surface area contributed by atoms with E-state index in [-0.39, 0.29) is 53.6 Å². The zero-order chi connectivity index (χ0) is 53.2. The SMILES string of the molecule is C.CCCC(C)(CC(SC(=S)SCCC[Si](OC)(OC)OC(C)C)C(N)=O)C(O)OC[N+](C)(C)C.CCCC(CC(C)(SC(=S)SCCC[Si](OC)(OC)OC(C)C)C(=O)OC[N+](C)(C)C)C(N)=O.[CH3-].[CH3-]. The van der Waals surface area contributed by atoms with E-state index < -0.39 is 57.0 Å². The molecule has 0 radical (unpaired) electrons. The topological polar surface area (TPSA) is 197 Å². The van der Waals surface area contributed by atoms with Gasteiger partial charge in [0.1, 0.15) is 11.8 Å². The molecule has 0 bridgehead atoms. The van der Waals surface area contributed by atoms with Gasteiger partial charge in [0.15, 0.2) is 13.0 Å². The number of aliphatic hydroxyl groups is 1. The van der Waals surface area contributed by atoms with Crippen molar-refractivity contribution in [3.63, 3.8) is 0 Å². The summed E-state index contributed by atoms with van der Waals surface area (Å²) in [7, 11) is 12.9. The molecule has 426 valence electrons.